The predicted octanol–water partition coefficient (Wildman–Crippen LogP) is 4.10. The van der Waals surface area contributed by atoms with E-state index < -0.39 is 5.60 Å². The highest BCUT2D eigenvalue weighted by atomic mass is 79.9. The molecule has 3 rings (SSSR count). The quantitative estimate of drug-likeness (QED) is 0.732. The number of benzene rings is 1. The number of anilines is 1. The fraction of sp³-hybridized carbons (Fsp3) is 0.650. The van der Waals surface area contributed by atoms with Crippen molar-refractivity contribution in [1.29, 1.82) is 0 Å². The maximum atomic E-state index is 12.3. The second-order valence-corrected chi connectivity index (χ2v) is 9.13. The summed E-state index contributed by atoms with van der Waals surface area (Å²) in [4.78, 5) is 19.0. The molecule has 2 saturated heterocycles. The topological polar surface area (TPSA) is 36.0 Å². The van der Waals surface area contributed by atoms with Gasteiger partial charge in [-0.2, -0.15) is 0 Å². The number of carbonyl (C=O) groups is 1. The summed E-state index contributed by atoms with van der Waals surface area (Å²) in [6, 6.07) is 6.57. The summed E-state index contributed by atoms with van der Waals surface area (Å²) in [5, 5.41) is 0. The maximum Gasteiger partial charge on any atom is 0.410 e. The Morgan fingerprint density at radius 1 is 1.08 bits per heavy atom. The van der Waals surface area contributed by atoms with Gasteiger partial charge in [-0.1, -0.05) is 15.9 Å². The number of ether oxygens (including phenoxy) is 1. The Morgan fingerprint density at radius 3 is 2.35 bits per heavy atom. The van der Waals surface area contributed by atoms with Crippen LogP contribution >= 0.6 is 15.9 Å². The molecule has 1 aromatic rings. The molecule has 0 bridgehead atoms. The van der Waals surface area contributed by atoms with Gasteiger partial charge in [-0.25, -0.2) is 4.79 Å². The van der Waals surface area contributed by atoms with E-state index in [1.807, 2.05) is 25.7 Å². The number of likely N-dealkylation sites (tertiary alicyclic amines) is 1. The number of nitrogens with zero attached hydrogens (tertiary/aromatic N) is 3. The summed E-state index contributed by atoms with van der Waals surface area (Å²) < 4.78 is 6.63. The van der Waals surface area contributed by atoms with Crippen molar-refractivity contribution in [2.24, 2.45) is 0 Å². The number of piperazine rings is 1. The van der Waals surface area contributed by atoms with Crippen LogP contribution in [0.15, 0.2) is 22.7 Å². The molecule has 0 aliphatic carbocycles. The SMILES string of the molecule is CC(C)(C)OC(=O)N1CCN(c2ccc(Br)cc2CN2CCCC2)CC1. The van der Waals surface area contributed by atoms with Crippen LogP contribution in [0.5, 0.6) is 0 Å². The summed E-state index contributed by atoms with van der Waals surface area (Å²) in [7, 11) is 0. The van der Waals surface area contributed by atoms with Gasteiger partial charge in [0.05, 0.1) is 0 Å². The number of hydrogen-bond donors (Lipinski definition) is 0. The van der Waals surface area contributed by atoms with Crippen LogP contribution in [0.3, 0.4) is 0 Å². The zero-order chi connectivity index (χ0) is 18.7. The highest BCUT2D eigenvalue weighted by Crippen LogP contribution is 2.28. The first-order valence-corrected chi connectivity index (χ1v) is 10.3. The number of hydrogen-bond acceptors (Lipinski definition) is 4. The van der Waals surface area contributed by atoms with Gasteiger partial charge in [0.1, 0.15) is 5.60 Å². The Kier molecular flexibility index (Phi) is 6.13. The lowest BCUT2D eigenvalue weighted by molar-refractivity contribution is 0.0240. The highest BCUT2D eigenvalue weighted by Gasteiger charge is 2.27. The van der Waals surface area contributed by atoms with E-state index in [1.165, 1.54) is 37.2 Å². The van der Waals surface area contributed by atoms with Crippen molar-refractivity contribution in [3.63, 3.8) is 0 Å². The smallest absolute Gasteiger partial charge is 0.410 e. The van der Waals surface area contributed by atoms with Crippen molar-refractivity contribution < 1.29 is 9.53 Å². The Balaban J connectivity index is 1.64. The molecule has 0 radical (unpaired) electrons. The summed E-state index contributed by atoms with van der Waals surface area (Å²) in [5.41, 5.74) is 2.22. The molecule has 26 heavy (non-hydrogen) atoms. The highest BCUT2D eigenvalue weighted by molar-refractivity contribution is 9.10. The molecule has 2 aliphatic rings. The molecule has 6 heteroatoms. The van der Waals surface area contributed by atoms with Gasteiger partial charge in [-0.05, 0) is 70.5 Å². The molecule has 1 aromatic carbocycles. The standard InChI is InChI=1S/C20H30BrN3O2/c1-20(2,3)26-19(25)24-12-10-23(11-13-24)18-7-6-17(21)14-16(18)15-22-8-4-5-9-22/h6-7,14H,4-5,8-13,15H2,1-3H3. The number of amides is 1. The van der Waals surface area contributed by atoms with Crippen molar-refractivity contribution in [3.8, 4) is 0 Å². The Morgan fingerprint density at radius 2 is 1.73 bits per heavy atom. The third-order valence-corrected chi connectivity index (χ3v) is 5.40. The van der Waals surface area contributed by atoms with Crippen molar-refractivity contribution >= 4 is 27.7 Å². The van der Waals surface area contributed by atoms with Crippen LogP contribution < -0.4 is 4.90 Å². The lowest BCUT2D eigenvalue weighted by Gasteiger charge is -2.37. The Hall–Kier alpha value is -1.27. The molecule has 2 aliphatic heterocycles. The van der Waals surface area contributed by atoms with Crippen LogP contribution in [0.2, 0.25) is 0 Å². The average molecular weight is 424 g/mol. The van der Waals surface area contributed by atoms with E-state index in [0.717, 1.165) is 24.1 Å². The first kappa shape index (κ1) is 19.5. The molecule has 0 atom stereocenters. The lowest BCUT2D eigenvalue weighted by atomic mass is 10.1. The Labute approximate surface area is 165 Å². The molecule has 0 spiro atoms. The van der Waals surface area contributed by atoms with Crippen LogP contribution in [0.4, 0.5) is 10.5 Å². The molecule has 2 heterocycles. The van der Waals surface area contributed by atoms with Crippen molar-refractivity contribution in [2.45, 2.75) is 45.8 Å². The maximum absolute atomic E-state index is 12.3. The molecule has 0 N–H and O–H groups in total. The largest absolute Gasteiger partial charge is 0.444 e. The fourth-order valence-electron chi connectivity index (χ4n) is 3.63. The van der Waals surface area contributed by atoms with E-state index in [9.17, 15) is 4.79 Å². The van der Waals surface area contributed by atoms with Crippen molar-refractivity contribution in [2.75, 3.05) is 44.2 Å². The van der Waals surface area contributed by atoms with Crippen LogP contribution in [0, 0.1) is 0 Å². The fourth-order valence-corrected chi connectivity index (χ4v) is 4.04. The summed E-state index contributed by atoms with van der Waals surface area (Å²) in [5.74, 6) is 0. The van der Waals surface area contributed by atoms with Gasteiger partial charge >= 0.3 is 6.09 Å². The van der Waals surface area contributed by atoms with Gasteiger partial charge in [-0.3, -0.25) is 4.90 Å². The molecule has 5 nitrogen and oxygen atoms in total. The van der Waals surface area contributed by atoms with E-state index in [4.69, 9.17) is 4.74 Å². The van der Waals surface area contributed by atoms with Crippen molar-refractivity contribution in [3.05, 3.63) is 28.2 Å². The molecular formula is C20H30BrN3O2. The normalized spacial score (nSPS) is 19.1. The van der Waals surface area contributed by atoms with Crippen LogP contribution in [-0.4, -0.2) is 60.8 Å². The van der Waals surface area contributed by atoms with Gasteiger partial charge in [0.15, 0.2) is 0 Å². The van der Waals surface area contributed by atoms with Crippen LogP contribution in [-0.2, 0) is 11.3 Å². The third-order valence-electron chi connectivity index (χ3n) is 4.91. The zero-order valence-electron chi connectivity index (χ0n) is 16.1. The second-order valence-electron chi connectivity index (χ2n) is 8.21. The minimum absolute atomic E-state index is 0.203. The Bertz CT molecular complexity index is 630. The molecule has 0 saturated carbocycles. The van der Waals surface area contributed by atoms with Gasteiger partial charge in [-0.15, -0.1) is 0 Å². The van der Waals surface area contributed by atoms with Gasteiger partial charge in [0, 0.05) is 42.9 Å². The van der Waals surface area contributed by atoms with Crippen LogP contribution in [0.25, 0.3) is 0 Å². The minimum atomic E-state index is -0.442. The monoisotopic (exact) mass is 423 g/mol. The first-order chi connectivity index (χ1) is 12.3. The van der Waals surface area contributed by atoms with Crippen molar-refractivity contribution in [1.82, 2.24) is 9.80 Å². The lowest BCUT2D eigenvalue weighted by Crippen LogP contribution is -2.50. The summed E-state index contributed by atoms with van der Waals surface area (Å²) in [6.45, 7) is 12.2. The predicted molar refractivity (Wildman–Crippen MR) is 109 cm³/mol. The molecule has 0 unspecified atom stereocenters. The van der Waals surface area contributed by atoms with Gasteiger partial charge in [0.2, 0.25) is 0 Å². The number of halogens is 1. The molecule has 144 valence electrons. The third kappa shape index (κ3) is 5.13. The van der Waals surface area contributed by atoms with E-state index >= 15 is 0 Å². The molecule has 0 aromatic heterocycles. The summed E-state index contributed by atoms with van der Waals surface area (Å²) >= 11 is 3.62. The van der Waals surface area contributed by atoms with E-state index in [2.05, 4.69) is 43.9 Å². The second kappa shape index (κ2) is 8.17. The van der Waals surface area contributed by atoms with E-state index in [-0.39, 0.29) is 6.09 Å². The van der Waals surface area contributed by atoms with Gasteiger partial charge < -0.3 is 14.5 Å². The zero-order valence-corrected chi connectivity index (χ0v) is 17.7. The minimum Gasteiger partial charge on any atom is -0.444 e. The van der Waals surface area contributed by atoms with Crippen LogP contribution in [0.1, 0.15) is 39.2 Å². The molecular weight excluding hydrogens is 394 g/mol. The van der Waals surface area contributed by atoms with E-state index in [0.29, 0.717) is 13.1 Å². The molecule has 1 amide bonds. The first-order valence-electron chi connectivity index (χ1n) is 9.55. The molecule has 2 fully saturated rings. The van der Waals surface area contributed by atoms with E-state index in [1.54, 1.807) is 0 Å². The summed E-state index contributed by atoms with van der Waals surface area (Å²) in [6.07, 6.45) is 2.40. The average Bonchev–Trinajstić information content (AvgIpc) is 3.07. The van der Waals surface area contributed by atoms with Gasteiger partial charge in [0.25, 0.3) is 0 Å². The number of rotatable bonds is 3. The number of carbonyl (C=O) groups excluding carboxylic acids is 1.